The molecule has 1 N–H and O–H groups in total. The minimum Gasteiger partial charge on any atom is -0.334 e. The maximum absolute atomic E-state index is 12.6. The van der Waals surface area contributed by atoms with Crippen LogP contribution in [0, 0.1) is 0 Å². The highest BCUT2D eigenvalue weighted by atomic mass is 35.5. The van der Waals surface area contributed by atoms with Crippen LogP contribution >= 0.6 is 11.6 Å². The fraction of sp³-hybridized carbons (Fsp3) is 0.500. The summed E-state index contributed by atoms with van der Waals surface area (Å²) in [7, 11) is 3.57. The lowest BCUT2D eigenvalue weighted by molar-refractivity contribution is -0.136. The predicted molar refractivity (Wildman–Crippen MR) is 88.1 cm³/mol. The molecule has 1 heterocycles. The average molecular weight is 324 g/mol. The third-order valence-electron chi connectivity index (χ3n) is 4.00. The molecule has 2 rings (SSSR count). The van der Waals surface area contributed by atoms with Gasteiger partial charge in [0.15, 0.2) is 0 Å². The third-order valence-corrected chi connectivity index (χ3v) is 4.32. The zero-order chi connectivity index (χ0) is 16.1. The van der Waals surface area contributed by atoms with Gasteiger partial charge in [-0.25, -0.2) is 0 Å². The molecule has 1 saturated heterocycles. The Hall–Kier alpha value is -1.59. The number of hydrogen-bond acceptors (Lipinski definition) is 3. The highest BCUT2D eigenvalue weighted by Gasteiger charge is 2.37. The van der Waals surface area contributed by atoms with Crippen molar-refractivity contribution in [1.82, 2.24) is 10.2 Å². The van der Waals surface area contributed by atoms with Gasteiger partial charge in [-0.15, -0.1) is 0 Å². The van der Waals surface area contributed by atoms with Crippen molar-refractivity contribution in [2.75, 3.05) is 32.1 Å². The second-order valence-electron chi connectivity index (χ2n) is 5.46. The van der Waals surface area contributed by atoms with E-state index < -0.39 is 6.04 Å². The number of anilines is 1. The Morgan fingerprint density at radius 1 is 1.45 bits per heavy atom. The minimum atomic E-state index is -0.390. The molecule has 1 fully saturated rings. The quantitative estimate of drug-likeness (QED) is 0.814. The number of benzene rings is 1. The van der Waals surface area contributed by atoms with Gasteiger partial charge in [-0.2, -0.15) is 0 Å². The molecule has 120 valence electrons. The van der Waals surface area contributed by atoms with Crippen molar-refractivity contribution >= 4 is 29.1 Å². The fourth-order valence-corrected chi connectivity index (χ4v) is 2.94. The van der Waals surface area contributed by atoms with Crippen molar-refractivity contribution in [1.29, 1.82) is 0 Å². The predicted octanol–water partition coefficient (Wildman–Crippen LogP) is 1.90. The van der Waals surface area contributed by atoms with Crippen molar-refractivity contribution in [3.63, 3.8) is 0 Å². The molecule has 0 aliphatic carbocycles. The number of amides is 2. The molecule has 22 heavy (non-hydrogen) atoms. The normalized spacial score (nSPS) is 17.9. The molecule has 1 aromatic rings. The molecular formula is C16H22ClN3O2. The SMILES string of the molecule is CNCCCC(=O)N(C)C1CCN(c2ccccc2Cl)C1=O. The molecule has 1 aromatic carbocycles. The van der Waals surface area contributed by atoms with E-state index in [1.54, 1.807) is 22.9 Å². The number of carbonyl (C=O) groups is 2. The van der Waals surface area contributed by atoms with E-state index >= 15 is 0 Å². The first-order valence-electron chi connectivity index (χ1n) is 7.52. The Morgan fingerprint density at radius 3 is 2.86 bits per heavy atom. The summed E-state index contributed by atoms with van der Waals surface area (Å²) in [6.45, 7) is 1.38. The Morgan fingerprint density at radius 2 is 2.18 bits per heavy atom. The van der Waals surface area contributed by atoms with Gasteiger partial charge in [-0.05, 0) is 38.6 Å². The third kappa shape index (κ3) is 3.59. The van der Waals surface area contributed by atoms with E-state index in [0.29, 0.717) is 30.1 Å². The van der Waals surface area contributed by atoms with Crippen LogP contribution in [0.4, 0.5) is 5.69 Å². The Kier molecular flexibility index (Phi) is 5.80. The largest absolute Gasteiger partial charge is 0.334 e. The Bertz CT molecular complexity index is 550. The number of carbonyl (C=O) groups excluding carboxylic acids is 2. The summed E-state index contributed by atoms with van der Waals surface area (Å²) in [4.78, 5) is 28.0. The number of likely N-dealkylation sites (N-methyl/N-ethyl adjacent to an activating group) is 1. The van der Waals surface area contributed by atoms with Gasteiger partial charge in [0.25, 0.3) is 0 Å². The van der Waals surface area contributed by atoms with Gasteiger partial charge >= 0.3 is 0 Å². The first-order chi connectivity index (χ1) is 10.6. The summed E-state index contributed by atoms with van der Waals surface area (Å²) < 4.78 is 0. The smallest absolute Gasteiger partial charge is 0.249 e. The summed E-state index contributed by atoms with van der Waals surface area (Å²) >= 11 is 6.16. The van der Waals surface area contributed by atoms with Crippen molar-refractivity contribution < 1.29 is 9.59 Å². The lowest BCUT2D eigenvalue weighted by Gasteiger charge is -2.24. The number of hydrogen-bond donors (Lipinski definition) is 1. The van der Waals surface area contributed by atoms with Crippen LogP contribution in [0.2, 0.25) is 5.02 Å². The second-order valence-corrected chi connectivity index (χ2v) is 5.86. The average Bonchev–Trinajstić information content (AvgIpc) is 2.88. The molecule has 0 bridgehead atoms. The van der Waals surface area contributed by atoms with E-state index in [4.69, 9.17) is 11.6 Å². The number of rotatable bonds is 6. The zero-order valence-corrected chi connectivity index (χ0v) is 13.8. The highest BCUT2D eigenvalue weighted by molar-refractivity contribution is 6.34. The molecule has 1 atom stereocenters. The van der Waals surface area contributed by atoms with E-state index in [1.165, 1.54) is 0 Å². The maximum Gasteiger partial charge on any atom is 0.249 e. The molecule has 1 aliphatic heterocycles. The zero-order valence-electron chi connectivity index (χ0n) is 13.0. The lowest BCUT2D eigenvalue weighted by Crippen LogP contribution is -2.43. The molecular weight excluding hydrogens is 302 g/mol. The summed E-state index contributed by atoms with van der Waals surface area (Å²) in [6, 6.07) is 6.90. The molecule has 0 radical (unpaired) electrons. The summed E-state index contributed by atoms with van der Waals surface area (Å²) in [6.07, 6.45) is 1.86. The van der Waals surface area contributed by atoms with Crippen molar-refractivity contribution in [2.45, 2.75) is 25.3 Å². The minimum absolute atomic E-state index is 0.00890. The Labute approximate surface area is 136 Å². The van der Waals surface area contributed by atoms with Crippen LogP contribution in [-0.4, -0.2) is 49.9 Å². The number of nitrogens with one attached hydrogen (secondary N) is 1. The van der Waals surface area contributed by atoms with Gasteiger partial charge in [0.1, 0.15) is 6.04 Å². The van der Waals surface area contributed by atoms with Crippen LogP contribution < -0.4 is 10.2 Å². The Balaban J connectivity index is 2.02. The van der Waals surface area contributed by atoms with Crippen LogP contribution in [0.1, 0.15) is 19.3 Å². The van der Waals surface area contributed by atoms with E-state index in [9.17, 15) is 9.59 Å². The molecule has 0 spiro atoms. The first-order valence-corrected chi connectivity index (χ1v) is 7.90. The van der Waals surface area contributed by atoms with Crippen LogP contribution in [-0.2, 0) is 9.59 Å². The lowest BCUT2D eigenvalue weighted by atomic mass is 10.2. The van der Waals surface area contributed by atoms with E-state index in [1.807, 2.05) is 25.2 Å². The van der Waals surface area contributed by atoms with E-state index in [0.717, 1.165) is 13.0 Å². The first kappa shape index (κ1) is 16.8. The van der Waals surface area contributed by atoms with E-state index in [-0.39, 0.29) is 11.8 Å². The van der Waals surface area contributed by atoms with Crippen LogP contribution in [0.5, 0.6) is 0 Å². The van der Waals surface area contributed by atoms with Crippen LogP contribution in [0.3, 0.4) is 0 Å². The summed E-state index contributed by atoms with van der Waals surface area (Å²) in [5, 5.41) is 3.57. The number of halogens is 1. The molecule has 1 aliphatic rings. The molecule has 2 amide bonds. The van der Waals surface area contributed by atoms with Gasteiger partial charge in [0.2, 0.25) is 11.8 Å². The highest BCUT2D eigenvalue weighted by Crippen LogP contribution is 2.30. The molecule has 0 aromatic heterocycles. The van der Waals surface area contributed by atoms with Gasteiger partial charge in [-0.1, -0.05) is 23.7 Å². The standard InChI is InChI=1S/C16H22ClN3O2/c1-18-10-5-8-15(21)19(2)14-9-11-20(16(14)22)13-7-4-3-6-12(13)17/h3-4,6-7,14,18H,5,8-11H2,1-2H3. The summed E-state index contributed by atoms with van der Waals surface area (Å²) in [5.74, 6) is -0.0489. The monoisotopic (exact) mass is 323 g/mol. The van der Waals surface area contributed by atoms with Gasteiger partial charge < -0.3 is 15.1 Å². The van der Waals surface area contributed by atoms with Crippen LogP contribution in [0.25, 0.3) is 0 Å². The van der Waals surface area contributed by atoms with Crippen molar-refractivity contribution in [3.8, 4) is 0 Å². The topological polar surface area (TPSA) is 52.7 Å². The fourth-order valence-electron chi connectivity index (χ4n) is 2.70. The van der Waals surface area contributed by atoms with Gasteiger partial charge in [0, 0.05) is 20.0 Å². The number of para-hydroxylation sites is 1. The molecule has 6 heteroatoms. The molecule has 5 nitrogen and oxygen atoms in total. The molecule has 1 unspecified atom stereocenters. The summed E-state index contributed by atoms with van der Waals surface area (Å²) in [5.41, 5.74) is 0.715. The van der Waals surface area contributed by atoms with Crippen molar-refractivity contribution in [2.24, 2.45) is 0 Å². The van der Waals surface area contributed by atoms with Gasteiger partial charge in [0.05, 0.1) is 10.7 Å². The van der Waals surface area contributed by atoms with Crippen LogP contribution in [0.15, 0.2) is 24.3 Å². The van der Waals surface area contributed by atoms with Gasteiger partial charge in [-0.3, -0.25) is 9.59 Å². The van der Waals surface area contributed by atoms with Crippen molar-refractivity contribution in [3.05, 3.63) is 29.3 Å². The second kappa shape index (κ2) is 7.61. The maximum atomic E-state index is 12.6. The number of nitrogens with zero attached hydrogens (tertiary/aromatic N) is 2. The van der Waals surface area contributed by atoms with E-state index in [2.05, 4.69) is 5.32 Å². The molecule has 0 saturated carbocycles.